The molecule has 11 N–H and O–H groups in total. The molecular formula is C27H50N4O8. The van der Waals surface area contributed by atoms with Crippen molar-refractivity contribution in [1.29, 1.82) is 0 Å². The summed E-state index contributed by atoms with van der Waals surface area (Å²) in [6, 6.07) is -0.343. The topological polar surface area (TPSA) is 216 Å². The SMILES string of the molecule is CC1=CC(OCCCNC(C)(C)C(N)=O)CC=C1CC(C(N)OC1OC(CO)C(O)C(O)[C@H]1O)C(N)C(C)C. The van der Waals surface area contributed by atoms with Crippen LogP contribution in [-0.4, -0.2) is 101 Å². The molecule has 0 radical (unpaired) electrons. The number of carbonyl (C=O) groups excluding carboxylic acids is 1. The van der Waals surface area contributed by atoms with Crippen LogP contribution in [0.1, 0.15) is 53.9 Å². The molecule has 0 aromatic carbocycles. The smallest absolute Gasteiger partial charge is 0.237 e. The van der Waals surface area contributed by atoms with E-state index in [0.29, 0.717) is 26.0 Å². The van der Waals surface area contributed by atoms with E-state index in [1.807, 2.05) is 20.8 Å². The molecule has 1 heterocycles. The first-order valence-corrected chi connectivity index (χ1v) is 13.7. The minimum Gasteiger partial charge on any atom is -0.394 e. The zero-order valence-corrected chi connectivity index (χ0v) is 23.8. The van der Waals surface area contributed by atoms with Gasteiger partial charge in [0.15, 0.2) is 6.29 Å². The number of nitrogens with two attached hydrogens (primary N) is 3. The summed E-state index contributed by atoms with van der Waals surface area (Å²) in [6.07, 6.45) is -1.95. The number of carbonyl (C=O) groups is 1. The lowest BCUT2D eigenvalue weighted by Crippen LogP contribution is -2.61. The Bertz CT molecular complexity index is 850. The van der Waals surface area contributed by atoms with E-state index in [9.17, 15) is 25.2 Å². The molecule has 0 aromatic heterocycles. The van der Waals surface area contributed by atoms with Crippen molar-refractivity contribution in [2.75, 3.05) is 19.8 Å². The Morgan fingerprint density at radius 3 is 2.44 bits per heavy atom. The zero-order valence-electron chi connectivity index (χ0n) is 23.8. The maximum atomic E-state index is 11.4. The molecule has 1 aliphatic carbocycles. The summed E-state index contributed by atoms with van der Waals surface area (Å²) in [4.78, 5) is 11.4. The quantitative estimate of drug-likeness (QED) is 0.0899. The van der Waals surface area contributed by atoms with Crippen molar-refractivity contribution in [3.05, 3.63) is 23.3 Å². The summed E-state index contributed by atoms with van der Waals surface area (Å²) < 4.78 is 17.3. The summed E-state index contributed by atoms with van der Waals surface area (Å²) in [7, 11) is 0. The van der Waals surface area contributed by atoms with E-state index in [-0.39, 0.29) is 24.0 Å². The average Bonchev–Trinajstić information content (AvgIpc) is 2.87. The van der Waals surface area contributed by atoms with Crippen molar-refractivity contribution in [2.24, 2.45) is 29.0 Å². The van der Waals surface area contributed by atoms with Gasteiger partial charge in [-0.25, -0.2) is 0 Å². The molecular weight excluding hydrogens is 508 g/mol. The first kappa shape index (κ1) is 33.8. The fraction of sp³-hybridized carbons (Fsp3) is 0.815. The third-order valence-electron chi connectivity index (χ3n) is 7.66. The Hall–Kier alpha value is -1.45. The van der Waals surface area contributed by atoms with Crippen LogP contribution in [0.3, 0.4) is 0 Å². The van der Waals surface area contributed by atoms with Crippen LogP contribution in [0, 0.1) is 11.8 Å². The Balaban J connectivity index is 1.97. The molecule has 0 spiro atoms. The van der Waals surface area contributed by atoms with Gasteiger partial charge in [-0.05, 0) is 63.6 Å². The molecule has 2 aliphatic rings. The zero-order chi connectivity index (χ0) is 29.5. The van der Waals surface area contributed by atoms with Crippen molar-refractivity contribution in [3.8, 4) is 0 Å². The van der Waals surface area contributed by atoms with Gasteiger partial charge in [-0.2, -0.15) is 0 Å². The number of nitrogens with one attached hydrogen (secondary N) is 1. The van der Waals surface area contributed by atoms with E-state index in [1.54, 1.807) is 13.8 Å². The molecule has 1 saturated heterocycles. The average molecular weight is 559 g/mol. The van der Waals surface area contributed by atoms with Gasteiger partial charge < -0.3 is 57.2 Å². The molecule has 0 aromatic rings. The number of ether oxygens (including phenoxy) is 3. The van der Waals surface area contributed by atoms with Gasteiger partial charge in [0, 0.05) is 18.6 Å². The van der Waals surface area contributed by atoms with Crippen LogP contribution in [0.4, 0.5) is 0 Å². The van der Waals surface area contributed by atoms with E-state index in [1.165, 1.54) is 0 Å². The van der Waals surface area contributed by atoms with Crippen LogP contribution in [0.25, 0.3) is 0 Å². The highest BCUT2D eigenvalue weighted by atomic mass is 16.7. The van der Waals surface area contributed by atoms with Gasteiger partial charge in [0.05, 0.1) is 18.2 Å². The molecule has 39 heavy (non-hydrogen) atoms. The number of amides is 1. The number of allylic oxidation sites excluding steroid dienone is 2. The normalized spacial score (nSPS) is 30.5. The van der Waals surface area contributed by atoms with Gasteiger partial charge in [-0.1, -0.05) is 26.0 Å². The summed E-state index contributed by atoms with van der Waals surface area (Å²) >= 11 is 0. The number of aliphatic hydroxyl groups excluding tert-OH is 4. The number of hydrogen-bond acceptors (Lipinski definition) is 11. The fourth-order valence-electron chi connectivity index (χ4n) is 4.68. The Kier molecular flexibility index (Phi) is 13.0. The van der Waals surface area contributed by atoms with Crippen LogP contribution in [0.5, 0.6) is 0 Å². The highest BCUT2D eigenvalue weighted by molar-refractivity contribution is 5.83. The molecule has 0 saturated carbocycles. The van der Waals surface area contributed by atoms with Crippen molar-refractivity contribution in [3.63, 3.8) is 0 Å². The fourth-order valence-corrected chi connectivity index (χ4v) is 4.68. The second-order valence-corrected chi connectivity index (χ2v) is 11.5. The van der Waals surface area contributed by atoms with Crippen LogP contribution in [0.2, 0.25) is 0 Å². The van der Waals surface area contributed by atoms with Gasteiger partial charge >= 0.3 is 0 Å². The highest BCUT2D eigenvalue weighted by Crippen LogP contribution is 2.32. The van der Waals surface area contributed by atoms with E-state index >= 15 is 0 Å². The maximum absolute atomic E-state index is 11.4. The molecule has 8 unspecified atom stereocenters. The predicted octanol–water partition coefficient (Wildman–Crippen LogP) is -1.02. The van der Waals surface area contributed by atoms with E-state index < -0.39 is 55.0 Å². The third kappa shape index (κ3) is 9.28. The van der Waals surface area contributed by atoms with Crippen molar-refractivity contribution >= 4 is 5.91 Å². The second kappa shape index (κ2) is 15.0. The minimum absolute atomic E-state index is 0.0748. The minimum atomic E-state index is -1.56. The molecule has 0 bridgehead atoms. The summed E-state index contributed by atoms with van der Waals surface area (Å²) in [6.45, 7) is 10.0. The van der Waals surface area contributed by atoms with Gasteiger partial charge in [-0.15, -0.1) is 0 Å². The standard InChI is InChI=1S/C27H50N4O8/c1-14(2)20(28)18(24(29)39-25-23(35)22(34)21(33)19(13-32)38-25)12-16-7-8-17(11-15(16)3)37-10-6-9-31-27(4,5)26(30)36/h7,11,14,17-25,31-35H,6,8-10,12-13,28-29H2,1-5H3,(H2,30,36)/t17?,18?,19?,20?,21?,22?,23-,24?,25?/m1/s1. The first-order chi connectivity index (χ1) is 18.2. The molecule has 226 valence electrons. The largest absolute Gasteiger partial charge is 0.394 e. The van der Waals surface area contributed by atoms with Gasteiger partial charge in [0.25, 0.3) is 0 Å². The van der Waals surface area contributed by atoms with Gasteiger partial charge in [0.2, 0.25) is 5.91 Å². The number of hydrogen-bond donors (Lipinski definition) is 8. The lowest BCUT2D eigenvalue weighted by atomic mass is 9.81. The van der Waals surface area contributed by atoms with Crippen LogP contribution >= 0.6 is 0 Å². The Morgan fingerprint density at radius 2 is 1.87 bits per heavy atom. The summed E-state index contributed by atoms with van der Waals surface area (Å²) in [5.41, 5.74) is 19.7. The van der Waals surface area contributed by atoms with E-state index in [2.05, 4.69) is 17.5 Å². The maximum Gasteiger partial charge on any atom is 0.237 e. The van der Waals surface area contributed by atoms with Gasteiger partial charge in [-0.3, -0.25) is 4.79 Å². The third-order valence-corrected chi connectivity index (χ3v) is 7.66. The molecule has 12 heteroatoms. The number of rotatable bonds is 15. The molecule has 1 aliphatic heterocycles. The second-order valence-electron chi connectivity index (χ2n) is 11.5. The van der Waals surface area contributed by atoms with Crippen molar-refractivity contribution < 1.29 is 39.4 Å². The van der Waals surface area contributed by atoms with Crippen LogP contribution in [-0.2, 0) is 19.0 Å². The molecule has 1 fully saturated rings. The Labute approximate surface area is 231 Å². The monoisotopic (exact) mass is 558 g/mol. The Morgan fingerprint density at radius 1 is 1.21 bits per heavy atom. The lowest BCUT2D eigenvalue weighted by molar-refractivity contribution is -0.315. The summed E-state index contributed by atoms with van der Waals surface area (Å²) in [5.74, 6) is -0.679. The van der Waals surface area contributed by atoms with Crippen molar-refractivity contribution in [2.45, 2.75) is 108 Å². The van der Waals surface area contributed by atoms with Gasteiger partial charge in [0.1, 0.15) is 30.6 Å². The van der Waals surface area contributed by atoms with Crippen molar-refractivity contribution in [1.82, 2.24) is 5.32 Å². The number of aliphatic hydroxyl groups is 4. The molecule has 12 nitrogen and oxygen atoms in total. The van der Waals surface area contributed by atoms with Crippen LogP contribution < -0.4 is 22.5 Å². The predicted molar refractivity (Wildman–Crippen MR) is 146 cm³/mol. The molecule has 9 atom stereocenters. The molecule has 1 amide bonds. The molecule has 2 rings (SSSR count). The van der Waals surface area contributed by atoms with E-state index in [0.717, 1.165) is 17.6 Å². The number of primary amides is 1. The first-order valence-electron chi connectivity index (χ1n) is 13.7. The summed E-state index contributed by atoms with van der Waals surface area (Å²) in [5, 5.41) is 43.1. The lowest BCUT2D eigenvalue weighted by Gasteiger charge is -2.42. The highest BCUT2D eigenvalue weighted by Gasteiger charge is 2.45. The van der Waals surface area contributed by atoms with Crippen LogP contribution in [0.15, 0.2) is 23.3 Å². The van der Waals surface area contributed by atoms with E-state index in [4.69, 9.17) is 31.4 Å².